The van der Waals surface area contributed by atoms with Crippen molar-refractivity contribution in [2.45, 2.75) is 66.2 Å². The monoisotopic (exact) mass is 385 g/mol. The smallest absolute Gasteiger partial charge is 0.411 e. The van der Waals surface area contributed by atoms with Gasteiger partial charge in [0.25, 0.3) is 0 Å². The molecule has 1 aliphatic rings. The second kappa shape index (κ2) is 7.86. The molecule has 6 nitrogen and oxygen atoms in total. The van der Waals surface area contributed by atoms with Gasteiger partial charge in [-0.3, -0.25) is 4.90 Å². The number of imidazole rings is 1. The highest BCUT2D eigenvalue weighted by Crippen LogP contribution is 2.30. The minimum Gasteiger partial charge on any atom is -0.491 e. The average Bonchev–Trinajstić information content (AvgIpc) is 3.04. The zero-order valence-corrected chi connectivity index (χ0v) is 17.8. The topological polar surface area (TPSA) is 56.6 Å². The number of aryl methyl sites for hydroxylation is 3. The minimum absolute atomic E-state index is 0.238. The van der Waals surface area contributed by atoms with E-state index >= 15 is 0 Å². The van der Waals surface area contributed by atoms with Crippen LogP contribution in [0.25, 0.3) is 0 Å². The van der Waals surface area contributed by atoms with Crippen LogP contribution in [0.3, 0.4) is 0 Å². The van der Waals surface area contributed by atoms with Gasteiger partial charge in [-0.1, -0.05) is 13.0 Å². The maximum atomic E-state index is 12.8. The fourth-order valence-electron chi connectivity index (χ4n) is 3.45. The first-order valence-corrected chi connectivity index (χ1v) is 9.93. The van der Waals surface area contributed by atoms with Crippen LogP contribution in [-0.4, -0.2) is 39.3 Å². The van der Waals surface area contributed by atoms with Gasteiger partial charge in [0.1, 0.15) is 29.8 Å². The molecule has 0 saturated carbocycles. The summed E-state index contributed by atoms with van der Waals surface area (Å²) in [5, 5.41) is 0. The number of benzene rings is 1. The number of ether oxygens (including phenoxy) is 2. The van der Waals surface area contributed by atoms with Crippen molar-refractivity contribution in [2.24, 2.45) is 0 Å². The van der Waals surface area contributed by atoms with E-state index in [1.54, 1.807) is 4.90 Å². The van der Waals surface area contributed by atoms with Gasteiger partial charge in [0.15, 0.2) is 0 Å². The quantitative estimate of drug-likeness (QED) is 0.781. The number of fused-ring (bicyclic) bond motifs is 1. The first-order chi connectivity index (χ1) is 13.2. The standard InChI is InChI=1S/C22H31N3O3/c1-7-20-23-13-18-19(14-27-17-9-8-15(2)16(3)12-17)25(11-10-24(18)20)21(26)28-22(4,5)6/h8-9,12-13,19H,7,10-11,14H2,1-6H3. The normalized spacial score (nSPS) is 16.6. The van der Waals surface area contributed by atoms with Gasteiger partial charge in [-0.25, -0.2) is 9.78 Å². The van der Waals surface area contributed by atoms with Gasteiger partial charge in [-0.2, -0.15) is 0 Å². The Balaban J connectivity index is 1.85. The summed E-state index contributed by atoms with van der Waals surface area (Å²) in [4.78, 5) is 19.1. The fraction of sp³-hybridized carbons (Fsp3) is 0.545. The van der Waals surface area contributed by atoms with Gasteiger partial charge in [0.05, 0.1) is 11.9 Å². The summed E-state index contributed by atoms with van der Waals surface area (Å²) in [6.07, 6.45) is 2.41. The molecule has 0 N–H and O–H groups in total. The van der Waals surface area contributed by atoms with E-state index in [9.17, 15) is 4.79 Å². The van der Waals surface area contributed by atoms with Gasteiger partial charge >= 0.3 is 6.09 Å². The fourth-order valence-corrected chi connectivity index (χ4v) is 3.45. The molecule has 0 radical (unpaired) electrons. The average molecular weight is 386 g/mol. The molecule has 6 heteroatoms. The van der Waals surface area contributed by atoms with Crippen LogP contribution in [-0.2, 0) is 17.7 Å². The van der Waals surface area contributed by atoms with Crippen LogP contribution in [0, 0.1) is 13.8 Å². The van der Waals surface area contributed by atoms with E-state index in [0.717, 1.165) is 30.2 Å². The molecular formula is C22H31N3O3. The Morgan fingerprint density at radius 3 is 2.61 bits per heavy atom. The van der Waals surface area contributed by atoms with Gasteiger partial charge in [-0.05, 0) is 57.9 Å². The van der Waals surface area contributed by atoms with E-state index < -0.39 is 5.60 Å². The van der Waals surface area contributed by atoms with Crippen molar-refractivity contribution in [3.05, 3.63) is 47.0 Å². The molecule has 3 rings (SSSR count). The van der Waals surface area contributed by atoms with E-state index in [2.05, 4.69) is 36.4 Å². The molecule has 1 aromatic carbocycles. The van der Waals surface area contributed by atoms with E-state index in [0.29, 0.717) is 13.2 Å². The van der Waals surface area contributed by atoms with Crippen molar-refractivity contribution in [1.82, 2.24) is 14.5 Å². The maximum absolute atomic E-state index is 12.8. The highest BCUT2D eigenvalue weighted by molar-refractivity contribution is 5.69. The SMILES string of the molecule is CCc1ncc2n1CCN(C(=O)OC(C)(C)C)C2COc1ccc(C)c(C)c1. The Morgan fingerprint density at radius 2 is 1.96 bits per heavy atom. The molecule has 1 aliphatic heterocycles. The molecule has 1 amide bonds. The summed E-state index contributed by atoms with van der Waals surface area (Å²) in [6.45, 7) is 13.5. The molecule has 0 fully saturated rings. The van der Waals surface area contributed by atoms with Crippen molar-refractivity contribution < 1.29 is 14.3 Å². The zero-order chi connectivity index (χ0) is 20.5. The molecule has 0 bridgehead atoms. The number of amides is 1. The zero-order valence-electron chi connectivity index (χ0n) is 17.8. The first kappa shape index (κ1) is 20.2. The van der Waals surface area contributed by atoms with Gasteiger partial charge in [0, 0.05) is 19.5 Å². The number of rotatable bonds is 4. The second-order valence-electron chi connectivity index (χ2n) is 8.35. The molecule has 1 unspecified atom stereocenters. The van der Waals surface area contributed by atoms with Crippen LogP contribution in [0.5, 0.6) is 5.75 Å². The third-order valence-electron chi connectivity index (χ3n) is 5.08. The molecule has 0 spiro atoms. The summed E-state index contributed by atoms with van der Waals surface area (Å²) in [5.74, 6) is 1.84. The summed E-state index contributed by atoms with van der Waals surface area (Å²) < 4.78 is 13.9. The number of nitrogens with zero attached hydrogens (tertiary/aromatic N) is 3. The van der Waals surface area contributed by atoms with E-state index in [-0.39, 0.29) is 12.1 Å². The number of carbonyl (C=O) groups excluding carboxylic acids is 1. The third-order valence-corrected chi connectivity index (χ3v) is 5.08. The summed E-state index contributed by atoms with van der Waals surface area (Å²) in [6, 6.07) is 5.82. The van der Waals surface area contributed by atoms with Crippen molar-refractivity contribution in [2.75, 3.05) is 13.2 Å². The summed E-state index contributed by atoms with van der Waals surface area (Å²) in [7, 11) is 0. The molecule has 152 valence electrons. The lowest BCUT2D eigenvalue weighted by atomic mass is 10.1. The van der Waals surface area contributed by atoms with Crippen LogP contribution in [0.1, 0.15) is 56.4 Å². The lowest BCUT2D eigenvalue weighted by Crippen LogP contribution is -2.46. The third kappa shape index (κ3) is 4.32. The van der Waals surface area contributed by atoms with Crippen molar-refractivity contribution in [3.8, 4) is 5.75 Å². The summed E-state index contributed by atoms with van der Waals surface area (Å²) >= 11 is 0. The van der Waals surface area contributed by atoms with Crippen molar-refractivity contribution >= 4 is 6.09 Å². The Bertz CT molecular complexity index is 851. The highest BCUT2D eigenvalue weighted by atomic mass is 16.6. The van der Waals surface area contributed by atoms with Gasteiger partial charge in [0.2, 0.25) is 0 Å². The van der Waals surface area contributed by atoms with Crippen LogP contribution < -0.4 is 4.74 Å². The molecule has 2 aromatic rings. The maximum Gasteiger partial charge on any atom is 0.411 e. The van der Waals surface area contributed by atoms with Gasteiger partial charge in [-0.15, -0.1) is 0 Å². The van der Waals surface area contributed by atoms with Crippen LogP contribution in [0.2, 0.25) is 0 Å². The number of carbonyl (C=O) groups is 1. The molecule has 0 saturated heterocycles. The van der Waals surface area contributed by atoms with E-state index in [4.69, 9.17) is 9.47 Å². The van der Waals surface area contributed by atoms with Crippen LogP contribution >= 0.6 is 0 Å². The summed E-state index contributed by atoms with van der Waals surface area (Å²) in [5.41, 5.74) is 2.87. The number of hydrogen-bond acceptors (Lipinski definition) is 4. The van der Waals surface area contributed by atoms with Crippen molar-refractivity contribution in [3.63, 3.8) is 0 Å². The Labute approximate surface area is 167 Å². The molecule has 0 aliphatic carbocycles. The Morgan fingerprint density at radius 1 is 1.21 bits per heavy atom. The van der Waals surface area contributed by atoms with Gasteiger partial charge < -0.3 is 14.0 Å². The predicted octanol–water partition coefficient (Wildman–Crippen LogP) is 4.43. The molecule has 1 aromatic heterocycles. The lowest BCUT2D eigenvalue weighted by Gasteiger charge is -2.37. The lowest BCUT2D eigenvalue weighted by molar-refractivity contribution is 0.00427. The number of aromatic nitrogens is 2. The van der Waals surface area contributed by atoms with Crippen LogP contribution in [0.15, 0.2) is 24.4 Å². The largest absolute Gasteiger partial charge is 0.491 e. The van der Waals surface area contributed by atoms with Crippen LogP contribution in [0.4, 0.5) is 4.79 Å². The number of hydrogen-bond donors (Lipinski definition) is 0. The van der Waals surface area contributed by atoms with E-state index in [1.165, 1.54) is 11.1 Å². The first-order valence-electron chi connectivity index (χ1n) is 9.93. The molecule has 2 heterocycles. The molecule has 28 heavy (non-hydrogen) atoms. The highest BCUT2D eigenvalue weighted by Gasteiger charge is 2.35. The van der Waals surface area contributed by atoms with Crippen molar-refractivity contribution in [1.29, 1.82) is 0 Å². The Kier molecular flexibility index (Phi) is 5.68. The molecular weight excluding hydrogens is 354 g/mol. The Hall–Kier alpha value is -2.50. The minimum atomic E-state index is -0.539. The van der Waals surface area contributed by atoms with E-state index in [1.807, 2.05) is 39.1 Å². The molecule has 1 atom stereocenters. The second-order valence-corrected chi connectivity index (χ2v) is 8.35. The predicted molar refractivity (Wildman–Crippen MR) is 109 cm³/mol.